The average Bonchev–Trinajstić information content (AvgIpc) is 4.21. The maximum Gasteiger partial charge on any atom is 0.166 e. The van der Waals surface area contributed by atoms with Gasteiger partial charge in [-0.05, 0) is 107 Å². The van der Waals surface area contributed by atoms with E-state index >= 15 is 0 Å². The number of hydrogen-bond acceptors (Lipinski definition) is 6. The normalized spacial score (nSPS) is 11.8. The number of imidazole rings is 3. The Morgan fingerprint density at radius 3 is 0.756 bits per heavy atom. The number of nitrogens with zero attached hydrogens (tertiary/aromatic N) is 9. The zero-order valence-electron chi connectivity index (χ0n) is 44.5. The second-order valence-electron chi connectivity index (χ2n) is 20.9. The molecular weight excluding hydrogens is 955 g/mol. The minimum absolute atomic E-state index is 0.262. The number of benzene rings is 9. The first-order chi connectivity index (χ1) is 38.2. The Morgan fingerprint density at radius 2 is 0.474 bits per heavy atom. The van der Waals surface area contributed by atoms with Gasteiger partial charge < -0.3 is 0 Å². The number of hydrogen-bond donors (Lipinski definition) is 0. The van der Waals surface area contributed by atoms with Gasteiger partial charge in [-0.1, -0.05) is 187 Å². The monoisotopic (exact) mass is 1010 g/mol. The van der Waals surface area contributed by atoms with Crippen LogP contribution in [0.25, 0.3) is 118 Å². The largest absolute Gasteiger partial charge is 0.292 e. The van der Waals surface area contributed by atoms with E-state index in [1.807, 2.05) is 0 Å². The summed E-state index contributed by atoms with van der Waals surface area (Å²) in [7, 11) is 0. The highest BCUT2D eigenvalue weighted by Crippen LogP contribution is 2.42. The van der Waals surface area contributed by atoms with Gasteiger partial charge in [0.1, 0.15) is 17.5 Å². The van der Waals surface area contributed by atoms with E-state index in [1.54, 1.807) is 0 Å². The summed E-state index contributed by atoms with van der Waals surface area (Å²) in [5.41, 5.74) is 17.6. The van der Waals surface area contributed by atoms with E-state index in [1.165, 1.54) is 16.7 Å². The topological polar surface area (TPSA) is 92.1 Å². The molecule has 13 aromatic rings. The molecule has 4 heterocycles. The molecule has 0 radical (unpaired) electrons. The van der Waals surface area contributed by atoms with Crippen molar-refractivity contribution in [3.8, 4) is 85.4 Å². The molecule has 0 saturated carbocycles. The molecule has 0 fully saturated rings. The molecule has 0 N–H and O–H groups in total. The van der Waals surface area contributed by atoms with Crippen LogP contribution in [-0.4, -0.2) is 43.6 Å². The first kappa shape index (κ1) is 48.1. The molecule has 4 aromatic heterocycles. The second-order valence-corrected chi connectivity index (χ2v) is 20.9. The Kier molecular flexibility index (Phi) is 12.2. The Labute approximate surface area is 454 Å². The molecule has 9 aromatic carbocycles. The van der Waals surface area contributed by atoms with Gasteiger partial charge in [0.25, 0.3) is 0 Å². The van der Waals surface area contributed by atoms with Crippen molar-refractivity contribution in [3.63, 3.8) is 0 Å². The maximum absolute atomic E-state index is 5.63. The van der Waals surface area contributed by atoms with Crippen molar-refractivity contribution in [3.05, 3.63) is 235 Å². The lowest BCUT2D eigenvalue weighted by Crippen LogP contribution is -2.08. The molecule has 0 bridgehead atoms. The zero-order valence-corrected chi connectivity index (χ0v) is 44.5. The van der Waals surface area contributed by atoms with E-state index < -0.39 is 0 Å². The van der Waals surface area contributed by atoms with Crippen LogP contribution < -0.4 is 0 Å². The van der Waals surface area contributed by atoms with Crippen molar-refractivity contribution >= 4 is 33.1 Å². The summed E-state index contributed by atoms with van der Waals surface area (Å²) in [5.74, 6) is 4.86. The Bertz CT molecular complexity index is 3940. The van der Waals surface area contributed by atoms with Crippen LogP contribution in [0.5, 0.6) is 0 Å². The molecule has 0 amide bonds. The van der Waals surface area contributed by atoms with Crippen LogP contribution in [0.3, 0.4) is 0 Å². The highest BCUT2D eigenvalue weighted by Gasteiger charge is 2.27. The van der Waals surface area contributed by atoms with Crippen LogP contribution >= 0.6 is 0 Å². The van der Waals surface area contributed by atoms with Crippen LogP contribution in [0.2, 0.25) is 0 Å². The molecule has 13 rings (SSSR count). The average molecular weight is 1010 g/mol. The molecular formula is C69H57N9. The first-order valence-corrected chi connectivity index (χ1v) is 27.0. The van der Waals surface area contributed by atoms with Crippen LogP contribution in [0.1, 0.15) is 76.0 Å². The third-order valence-corrected chi connectivity index (χ3v) is 14.9. The maximum atomic E-state index is 5.63. The van der Waals surface area contributed by atoms with Crippen LogP contribution in [-0.2, 0) is 0 Å². The first-order valence-electron chi connectivity index (χ1n) is 27.0. The Balaban J connectivity index is 1.11. The van der Waals surface area contributed by atoms with Gasteiger partial charge in [-0.3, -0.25) is 13.7 Å². The molecule has 78 heavy (non-hydrogen) atoms. The summed E-state index contributed by atoms with van der Waals surface area (Å²) >= 11 is 0. The van der Waals surface area contributed by atoms with Crippen molar-refractivity contribution in [1.29, 1.82) is 0 Å². The Morgan fingerprint density at radius 1 is 0.244 bits per heavy atom. The summed E-state index contributed by atoms with van der Waals surface area (Å²) in [5, 5.41) is 0. The minimum atomic E-state index is 0.262. The second kappa shape index (κ2) is 19.8. The molecule has 0 unspecified atom stereocenters. The number of para-hydroxylation sites is 9. The Hall–Kier alpha value is -9.60. The van der Waals surface area contributed by atoms with Gasteiger partial charge in [-0.25, -0.2) is 29.9 Å². The van der Waals surface area contributed by atoms with E-state index in [9.17, 15) is 0 Å². The minimum Gasteiger partial charge on any atom is -0.292 e. The summed E-state index contributed by atoms with van der Waals surface area (Å²) in [6, 6.07) is 76.2. The molecule has 9 nitrogen and oxygen atoms in total. The van der Waals surface area contributed by atoms with Crippen LogP contribution in [0, 0.1) is 0 Å². The third-order valence-electron chi connectivity index (χ3n) is 14.9. The lowest BCUT2D eigenvalue weighted by Gasteiger charge is -2.19. The molecule has 9 heteroatoms. The molecule has 0 saturated heterocycles. The van der Waals surface area contributed by atoms with E-state index in [-0.39, 0.29) is 17.8 Å². The number of rotatable bonds is 12. The molecule has 0 spiro atoms. The van der Waals surface area contributed by atoms with Gasteiger partial charge in [0, 0.05) is 33.4 Å². The van der Waals surface area contributed by atoms with Crippen molar-refractivity contribution in [2.24, 2.45) is 0 Å². The predicted octanol–water partition coefficient (Wildman–Crippen LogP) is 17.3. The fourth-order valence-electron chi connectivity index (χ4n) is 11.3. The number of aromatic nitrogens is 9. The summed E-state index contributed by atoms with van der Waals surface area (Å²) in [6.07, 6.45) is 0. The standard InChI is InChI=1S/C69H57N9/c1-43(2)46-25-7-10-28-49(46)67-70-55-34-16-22-40-61(55)76(67)58-37-19-13-31-52(58)64-73-65(53-32-14-20-38-59(53)77-62-41-23-17-35-56(62)71-68(77)50-29-11-8-26-47(50)44(3)4)75-66(74-64)54-33-15-21-39-60(54)78-63-42-24-18-36-57(63)72-69(78)51-30-12-9-27-48(51)45(5)6/h7-45H,1-6H3. The van der Waals surface area contributed by atoms with Crippen molar-refractivity contribution < 1.29 is 0 Å². The fourth-order valence-corrected chi connectivity index (χ4v) is 11.3. The van der Waals surface area contributed by atoms with E-state index in [4.69, 9.17) is 29.9 Å². The SMILES string of the molecule is CC(C)c1ccccc1-c1nc2ccccc2n1-c1ccccc1-c1nc(-c2ccccc2-n2c(-c3ccccc3C(C)C)nc3ccccc32)nc(-c2ccccc2-n2c(-c3ccccc3C(C)C)nc3ccccc32)n1. The smallest absolute Gasteiger partial charge is 0.166 e. The third kappa shape index (κ3) is 8.26. The van der Waals surface area contributed by atoms with Gasteiger partial charge in [-0.2, -0.15) is 0 Å². The fraction of sp³-hybridized carbons (Fsp3) is 0.130. The summed E-state index contributed by atoms with van der Waals surface area (Å²) < 4.78 is 6.84. The van der Waals surface area contributed by atoms with Crippen molar-refractivity contribution in [2.45, 2.75) is 59.3 Å². The van der Waals surface area contributed by atoms with E-state index in [0.29, 0.717) is 17.5 Å². The highest BCUT2D eigenvalue weighted by atomic mass is 15.1. The zero-order chi connectivity index (χ0) is 53.0. The molecule has 378 valence electrons. The summed E-state index contributed by atoms with van der Waals surface area (Å²) in [4.78, 5) is 33.0. The number of fused-ring (bicyclic) bond motifs is 3. The van der Waals surface area contributed by atoms with Gasteiger partial charge >= 0.3 is 0 Å². The van der Waals surface area contributed by atoms with Crippen LogP contribution in [0.4, 0.5) is 0 Å². The molecule has 0 atom stereocenters. The van der Waals surface area contributed by atoms with Gasteiger partial charge in [0.15, 0.2) is 17.5 Å². The predicted molar refractivity (Wildman–Crippen MR) is 319 cm³/mol. The quantitative estimate of drug-likeness (QED) is 0.121. The van der Waals surface area contributed by atoms with Crippen molar-refractivity contribution in [1.82, 2.24) is 43.6 Å². The lowest BCUT2D eigenvalue weighted by atomic mass is 9.96. The summed E-state index contributed by atoms with van der Waals surface area (Å²) in [6.45, 7) is 13.4. The lowest BCUT2D eigenvalue weighted by molar-refractivity contribution is 0.865. The molecule has 0 aliphatic rings. The van der Waals surface area contributed by atoms with Gasteiger partial charge in [0.05, 0.1) is 50.2 Å². The molecule has 0 aliphatic carbocycles. The molecule has 0 aliphatic heterocycles. The van der Waals surface area contributed by atoms with Crippen molar-refractivity contribution in [2.75, 3.05) is 0 Å². The van der Waals surface area contributed by atoms with E-state index in [0.717, 1.165) is 101 Å². The van der Waals surface area contributed by atoms with Crippen LogP contribution in [0.15, 0.2) is 218 Å². The van der Waals surface area contributed by atoms with Gasteiger partial charge in [0.2, 0.25) is 0 Å². The highest BCUT2D eigenvalue weighted by molar-refractivity contribution is 5.90. The van der Waals surface area contributed by atoms with E-state index in [2.05, 4.69) is 274 Å². The van der Waals surface area contributed by atoms with Gasteiger partial charge in [-0.15, -0.1) is 0 Å².